The van der Waals surface area contributed by atoms with Crippen molar-refractivity contribution in [2.75, 3.05) is 12.4 Å². The molecule has 0 aliphatic carbocycles. The van der Waals surface area contributed by atoms with Crippen molar-refractivity contribution in [1.82, 2.24) is 4.98 Å². The van der Waals surface area contributed by atoms with Gasteiger partial charge in [-0.25, -0.2) is 0 Å². The molecule has 0 aliphatic rings. The summed E-state index contributed by atoms with van der Waals surface area (Å²) in [4.78, 5) is 4.10. The molecule has 1 aromatic heterocycles. The van der Waals surface area contributed by atoms with Crippen LogP contribution in [0.25, 0.3) is 0 Å². The Morgan fingerprint density at radius 3 is 2.65 bits per heavy atom. The Kier molecular flexibility index (Phi) is 3.64. The topological polar surface area (TPSA) is 34.1 Å². The van der Waals surface area contributed by atoms with Crippen LogP contribution in [0.5, 0.6) is 5.75 Å². The average Bonchev–Trinajstić information content (AvgIpc) is 2.29. The van der Waals surface area contributed by atoms with Gasteiger partial charge in [-0.1, -0.05) is 0 Å². The summed E-state index contributed by atoms with van der Waals surface area (Å²) < 4.78 is 6.17. The smallest absolute Gasteiger partial charge is 0.121 e. The fourth-order valence-electron chi connectivity index (χ4n) is 1.60. The molecule has 0 atom stereocenters. The lowest BCUT2D eigenvalue weighted by Crippen LogP contribution is -1.93. The summed E-state index contributed by atoms with van der Waals surface area (Å²) in [6, 6.07) is 7.95. The molecule has 17 heavy (non-hydrogen) atoms. The lowest BCUT2D eigenvalue weighted by Gasteiger charge is -2.09. The second-order valence-corrected chi connectivity index (χ2v) is 4.62. The first-order chi connectivity index (χ1) is 8.19. The number of aromatic nitrogens is 1. The summed E-state index contributed by atoms with van der Waals surface area (Å²) in [5, 5.41) is 3.29. The Morgan fingerprint density at radius 2 is 2.00 bits per heavy atom. The number of methoxy groups -OCH3 is 1. The molecule has 0 saturated heterocycles. The maximum atomic E-state index is 5.22. The summed E-state index contributed by atoms with van der Waals surface area (Å²) in [6.45, 7) is 2.02. The van der Waals surface area contributed by atoms with Crippen LogP contribution >= 0.6 is 15.9 Å². The van der Waals surface area contributed by atoms with Crippen LogP contribution in [-0.4, -0.2) is 12.1 Å². The van der Waals surface area contributed by atoms with Crippen LogP contribution in [0, 0.1) is 6.92 Å². The fraction of sp³-hybridized carbons (Fsp3) is 0.154. The molecule has 0 bridgehead atoms. The molecule has 2 rings (SSSR count). The highest BCUT2D eigenvalue weighted by Crippen LogP contribution is 2.24. The van der Waals surface area contributed by atoms with E-state index in [1.165, 1.54) is 0 Å². The van der Waals surface area contributed by atoms with E-state index in [1.807, 2.05) is 31.2 Å². The Hall–Kier alpha value is -1.55. The molecule has 0 radical (unpaired) electrons. The van der Waals surface area contributed by atoms with E-state index >= 15 is 0 Å². The van der Waals surface area contributed by atoms with E-state index < -0.39 is 0 Å². The first kappa shape index (κ1) is 11.9. The molecular formula is C13H13BrN2O. The van der Waals surface area contributed by atoms with Crippen LogP contribution in [0.1, 0.15) is 5.56 Å². The number of hydrogen-bond acceptors (Lipinski definition) is 3. The van der Waals surface area contributed by atoms with Gasteiger partial charge in [0.15, 0.2) is 0 Å². The minimum Gasteiger partial charge on any atom is -0.496 e. The van der Waals surface area contributed by atoms with Gasteiger partial charge >= 0.3 is 0 Å². The molecule has 0 saturated carbocycles. The molecule has 88 valence electrons. The van der Waals surface area contributed by atoms with Gasteiger partial charge in [0.05, 0.1) is 19.0 Å². The Balaban J connectivity index is 2.22. The molecule has 4 heteroatoms. The van der Waals surface area contributed by atoms with E-state index in [4.69, 9.17) is 4.74 Å². The van der Waals surface area contributed by atoms with Crippen molar-refractivity contribution in [2.24, 2.45) is 0 Å². The first-order valence-corrected chi connectivity index (χ1v) is 6.00. The van der Waals surface area contributed by atoms with Gasteiger partial charge < -0.3 is 10.1 Å². The number of halogens is 1. The summed E-state index contributed by atoms with van der Waals surface area (Å²) in [7, 11) is 1.67. The van der Waals surface area contributed by atoms with Gasteiger partial charge in [-0.15, -0.1) is 0 Å². The number of hydrogen-bond donors (Lipinski definition) is 1. The molecule has 0 unspecified atom stereocenters. The van der Waals surface area contributed by atoms with Crippen LogP contribution in [-0.2, 0) is 0 Å². The Bertz CT molecular complexity index is 529. The standard InChI is InChI=1S/C13H13BrN2O/c1-9-5-11(3-4-13(9)17-2)16-12-6-10(14)7-15-8-12/h3-8,16H,1-2H3. The molecule has 1 heterocycles. The number of nitrogens with one attached hydrogen (secondary N) is 1. The summed E-state index contributed by atoms with van der Waals surface area (Å²) in [6.07, 6.45) is 3.54. The van der Waals surface area contributed by atoms with E-state index in [-0.39, 0.29) is 0 Å². The van der Waals surface area contributed by atoms with Crippen molar-refractivity contribution >= 4 is 27.3 Å². The molecular weight excluding hydrogens is 280 g/mol. The monoisotopic (exact) mass is 292 g/mol. The highest BCUT2D eigenvalue weighted by atomic mass is 79.9. The molecule has 0 aliphatic heterocycles. The highest BCUT2D eigenvalue weighted by Gasteiger charge is 2.00. The van der Waals surface area contributed by atoms with Crippen molar-refractivity contribution in [2.45, 2.75) is 6.92 Å². The van der Waals surface area contributed by atoms with Gasteiger partial charge in [0.25, 0.3) is 0 Å². The molecule has 0 spiro atoms. The van der Waals surface area contributed by atoms with Gasteiger partial charge in [0.1, 0.15) is 5.75 Å². The second-order valence-electron chi connectivity index (χ2n) is 3.70. The van der Waals surface area contributed by atoms with Crippen molar-refractivity contribution in [3.8, 4) is 5.75 Å². The van der Waals surface area contributed by atoms with Gasteiger partial charge in [0.2, 0.25) is 0 Å². The number of aryl methyl sites for hydroxylation is 1. The van der Waals surface area contributed by atoms with Gasteiger partial charge in [0, 0.05) is 16.4 Å². The van der Waals surface area contributed by atoms with Crippen molar-refractivity contribution in [3.05, 3.63) is 46.7 Å². The van der Waals surface area contributed by atoms with Gasteiger partial charge in [-0.05, 0) is 52.7 Å². The second kappa shape index (κ2) is 5.19. The quantitative estimate of drug-likeness (QED) is 0.931. The SMILES string of the molecule is COc1ccc(Nc2cncc(Br)c2)cc1C. The predicted molar refractivity (Wildman–Crippen MR) is 73.0 cm³/mol. The van der Waals surface area contributed by atoms with E-state index in [0.29, 0.717) is 0 Å². The minimum atomic E-state index is 0.892. The molecule has 2 aromatic rings. The number of benzene rings is 1. The summed E-state index contributed by atoms with van der Waals surface area (Å²) >= 11 is 3.39. The zero-order chi connectivity index (χ0) is 12.3. The third kappa shape index (κ3) is 2.97. The van der Waals surface area contributed by atoms with Crippen LogP contribution in [0.2, 0.25) is 0 Å². The maximum absolute atomic E-state index is 5.22. The Labute approximate surface area is 109 Å². The lowest BCUT2D eigenvalue weighted by molar-refractivity contribution is 0.412. The number of ether oxygens (including phenoxy) is 1. The van der Waals surface area contributed by atoms with Crippen molar-refractivity contribution < 1.29 is 4.74 Å². The Morgan fingerprint density at radius 1 is 1.18 bits per heavy atom. The third-order valence-corrected chi connectivity index (χ3v) is 2.82. The van der Waals surface area contributed by atoms with Crippen LogP contribution in [0.4, 0.5) is 11.4 Å². The molecule has 1 N–H and O–H groups in total. The van der Waals surface area contributed by atoms with Gasteiger partial charge in [-0.3, -0.25) is 4.98 Å². The summed E-state index contributed by atoms with van der Waals surface area (Å²) in [5.41, 5.74) is 3.06. The van der Waals surface area contributed by atoms with E-state index in [9.17, 15) is 0 Å². The first-order valence-electron chi connectivity index (χ1n) is 5.21. The van der Waals surface area contributed by atoms with E-state index in [0.717, 1.165) is 27.2 Å². The normalized spacial score (nSPS) is 10.1. The van der Waals surface area contributed by atoms with Crippen molar-refractivity contribution in [1.29, 1.82) is 0 Å². The van der Waals surface area contributed by atoms with Crippen molar-refractivity contribution in [3.63, 3.8) is 0 Å². The average molecular weight is 293 g/mol. The summed E-state index contributed by atoms with van der Waals surface area (Å²) in [5.74, 6) is 0.892. The van der Waals surface area contributed by atoms with Gasteiger partial charge in [-0.2, -0.15) is 0 Å². The van der Waals surface area contributed by atoms with Crippen LogP contribution in [0.3, 0.4) is 0 Å². The number of pyridine rings is 1. The molecule has 3 nitrogen and oxygen atoms in total. The maximum Gasteiger partial charge on any atom is 0.121 e. The number of nitrogens with zero attached hydrogens (tertiary/aromatic N) is 1. The zero-order valence-electron chi connectivity index (χ0n) is 9.70. The van der Waals surface area contributed by atoms with E-state index in [2.05, 4.69) is 26.2 Å². The number of anilines is 2. The lowest BCUT2D eigenvalue weighted by atomic mass is 10.2. The molecule has 0 amide bonds. The minimum absolute atomic E-state index is 0.892. The molecule has 1 aromatic carbocycles. The fourth-order valence-corrected chi connectivity index (χ4v) is 1.97. The van der Waals surface area contributed by atoms with Crippen LogP contribution < -0.4 is 10.1 Å². The van der Waals surface area contributed by atoms with Crippen LogP contribution in [0.15, 0.2) is 41.1 Å². The molecule has 0 fully saturated rings. The predicted octanol–water partition coefficient (Wildman–Crippen LogP) is 3.90. The third-order valence-electron chi connectivity index (χ3n) is 2.39. The number of rotatable bonds is 3. The largest absolute Gasteiger partial charge is 0.496 e. The van der Waals surface area contributed by atoms with E-state index in [1.54, 1.807) is 19.5 Å². The zero-order valence-corrected chi connectivity index (χ0v) is 11.3. The highest BCUT2D eigenvalue weighted by molar-refractivity contribution is 9.10.